The third-order valence-corrected chi connectivity index (χ3v) is 5.85. The van der Waals surface area contributed by atoms with Crippen LogP contribution in [0.5, 0.6) is 5.75 Å². The van der Waals surface area contributed by atoms with Crippen LogP contribution in [0.25, 0.3) is 0 Å². The Morgan fingerprint density at radius 3 is 2.54 bits per heavy atom. The van der Waals surface area contributed by atoms with Gasteiger partial charge in [-0.05, 0) is 49.7 Å². The minimum Gasteiger partial charge on any atom is -0.492 e. The Labute approximate surface area is 175 Å². The first-order chi connectivity index (χ1) is 13.1. The van der Waals surface area contributed by atoms with Crippen LogP contribution >= 0.6 is 23.2 Å². The summed E-state index contributed by atoms with van der Waals surface area (Å²) in [7, 11) is -3.69. The van der Waals surface area contributed by atoms with Crippen molar-refractivity contribution in [2.75, 3.05) is 23.7 Å². The smallest absolute Gasteiger partial charge is 0.243 e. The van der Waals surface area contributed by atoms with Gasteiger partial charge in [-0.3, -0.25) is 9.10 Å². The third kappa shape index (κ3) is 6.02. The Morgan fingerprint density at radius 2 is 1.93 bits per heavy atom. The van der Waals surface area contributed by atoms with Crippen LogP contribution < -0.4 is 14.4 Å². The lowest BCUT2D eigenvalue weighted by atomic mass is 10.2. The van der Waals surface area contributed by atoms with Crippen LogP contribution in [0.2, 0.25) is 10.0 Å². The highest BCUT2D eigenvalue weighted by Crippen LogP contribution is 2.24. The minimum absolute atomic E-state index is 0.210. The quantitative estimate of drug-likeness (QED) is 0.630. The molecular weight excluding hydrogens is 423 g/mol. The highest BCUT2D eigenvalue weighted by molar-refractivity contribution is 7.92. The summed E-state index contributed by atoms with van der Waals surface area (Å²) in [4.78, 5) is 12.5. The fraction of sp³-hybridized carbons (Fsp3) is 0.316. The molecule has 0 fully saturated rings. The van der Waals surface area contributed by atoms with E-state index in [1.54, 1.807) is 30.3 Å². The number of amides is 1. The van der Waals surface area contributed by atoms with Gasteiger partial charge in [0.25, 0.3) is 0 Å². The Balaban J connectivity index is 1.98. The normalized spacial score (nSPS) is 12.3. The molecule has 0 radical (unpaired) electrons. The molecule has 152 valence electrons. The van der Waals surface area contributed by atoms with E-state index in [4.69, 9.17) is 27.9 Å². The number of benzene rings is 2. The Bertz CT molecular complexity index is 951. The van der Waals surface area contributed by atoms with Gasteiger partial charge in [-0.25, -0.2) is 8.42 Å². The molecule has 2 aromatic carbocycles. The Hall–Kier alpha value is -1.96. The van der Waals surface area contributed by atoms with Crippen molar-refractivity contribution in [2.45, 2.75) is 19.9 Å². The monoisotopic (exact) mass is 444 g/mol. The Morgan fingerprint density at radius 1 is 1.21 bits per heavy atom. The first-order valence-electron chi connectivity index (χ1n) is 8.51. The number of nitrogens with zero attached hydrogens (tertiary/aromatic N) is 1. The summed E-state index contributed by atoms with van der Waals surface area (Å²) in [5.41, 5.74) is 1.27. The number of halogens is 2. The summed E-state index contributed by atoms with van der Waals surface area (Å²) >= 11 is 12.0. The molecule has 9 heteroatoms. The summed E-state index contributed by atoms with van der Waals surface area (Å²) in [5, 5.41) is 3.66. The largest absolute Gasteiger partial charge is 0.492 e. The van der Waals surface area contributed by atoms with E-state index in [2.05, 4.69) is 5.32 Å². The lowest BCUT2D eigenvalue weighted by molar-refractivity contribution is -0.121. The van der Waals surface area contributed by atoms with Crippen molar-refractivity contribution in [3.05, 3.63) is 58.1 Å². The summed E-state index contributed by atoms with van der Waals surface area (Å²) in [5.74, 6) is 0.144. The van der Waals surface area contributed by atoms with Gasteiger partial charge >= 0.3 is 0 Å². The topological polar surface area (TPSA) is 75.7 Å². The average molecular weight is 445 g/mol. The summed E-state index contributed by atoms with van der Waals surface area (Å²) in [6, 6.07) is 10.7. The molecule has 2 aromatic rings. The van der Waals surface area contributed by atoms with Crippen LogP contribution in [0, 0.1) is 6.92 Å². The zero-order chi connectivity index (χ0) is 20.9. The molecule has 0 heterocycles. The molecule has 0 unspecified atom stereocenters. The van der Waals surface area contributed by atoms with Gasteiger partial charge in [0, 0.05) is 10.0 Å². The second-order valence-electron chi connectivity index (χ2n) is 6.27. The van der Waals surface area contributed by atoms with Crippen molar-refractivity contribution < 1.29 is 17.9 Å². The highest BCUT2D eigenvalue weighted by atomic mass is 35.5. The van der Waals surface area contributed by atoms with Crippen LogP contribution in [-0.4, -0.2) is 39.8 Å². The van der Waals surface area contributed by atoms with Crippen molar-refractivity contribution >= 4 is 44.8 Å². The second kappa shape index (κ2) is 9.49. The summed E-state index contributed by atoms with van der Waals surface area (Å²) in [6.45, 7) is 3.83. The molecule has 28 heavy (non-hydrogen) atoms. The van der Waals surface area contributed by atoms with Crippen LogP contribution in [0.15, 0.2) is 42.5 Å². The lowest BCUT2D eigenvalue weighted by Crippen LogP contribution is -2.48. The van der Waals surface area contributed by atoms with Crippen molar-refractivity contribution in [1.82, 2.24) is 5.32 Å². The van der Waals surface area contributed by atoms with E-state index in [1.165, 1.54) is 13.0 Å². The summed E-state index contributed by atoms with van der Waals surface area (Å²) in [6.07, 6.45) is 1.04. The zero-order valence-corrected chi connectivity index (χ0v) is 18.1. The predicted molar refractivity (Wildman–Crippen MR) is 113 cm³/mol. The maximum absolute atomic E-state index is 12.5. The fourth-order valence-corrected chi connectivity index (χ4v) is 4.10. The summed E-state index contributed by atoms with van der Waals surface area (Å²) < 4.78 is 31.0. The molecular formula is C19H22Cl2N2O4S. The van der Waals surface area contributed by atoms with Gasteiger partial charge in [-0.15, -0.1) is 0 Å². The molecule has 0 aromatic heterocycles. The maximum atomic E-state index is 12.5. The molecule has 1 amide bonds. The number of sulfonamides is 1. The van der Waals surface area contributed by atoms with E-state index in [-0.39, 0.29) is 13.2 Å². The van der Waals surface area contributed by atoms with Crippen molar-refractivity contribution in [3.63, 3.8) is 0 Å². The standard InChI is InChI=1S/C19H22Cl2N2O4S/c1-13-7-8-17(12-18(13)21)27-10-9-22-19(24)14(2)23(28(3,25)26)16-6-4-5-15(20)11-16/h4-8,11-12,14H,9-10H2,1-3H3,(H,22,24)/t14-/m0/s1. The average Bonchev–Trinajstić information content (AvgIpc) is 2.60. The third-order valence-electron chi connectivity index (χ3n) is 3.96. The molecule has 2 rings (SSSR count). The minimum atomic E-state index is -3.69. The van der Waals surface area contributed by atoms with Gasteiger partial charge in [0.05, 0.1) is 18.5 Å². The van der Waals surface area contributed by atoms with E-state index in [1.807, 2.05) is 13.0 Å². The number of carbonyl (C=O) groups is 1. The van der Waals surface area contributed by atoms with Crippen LogP contribution in [0.3, 0.4) is 0 Å². The van der Waals surface area contributed by atoms with Crippen molar-refractivity contribution in [1.29, 1.82) is 0 Å². The van der Waals surface area contributed by atoms with Gasteiger partial charge in [0.2, 0.25) is 15.9 Å². The number of aryl methyl sites for hydroxylation is 1. The Kier molecular flexibility index (Phi) is 7.57. The molecule has 6 nitrogen and oxygen atoms in total. The molecule has 0 bridgehead atoms. The maximum Gasteiger partial charge on any atom is 0.243 e. The molecule has 0 saturated heterocycles. The van der Waals surface area contributed by atoms with Gasteiger partial charge < -0.3 is 10.1 Å². The first-order valence-corrected chi connectivity index (χ1v) is 11.1. The van der Waals surface area contributed by atoms with Crippen molar-refractivity contribution in [3.8, 4) is 5.75 Å². The molecule has 1 atom stereocenters. The van der Waals surface area contributed by atoms with E-state index in [9.17, 15) is 13.2 Å². The number of hydrogen-bond donors (Lipinski definition) is 1. The molecule has 0 aliphatic heterocycles. The van der Waals surface area contributed by atoms with E-state index >= 15 is 0 Å². The molecule has 0 saturated carbocycles. The number of anilines is 1. The molecule has 0 aliphatic carbocycles. The molecule has 1 N–H and O–H groups in total. The van der Waals surface area contributed by atoms with E-state index < -0.39 is 22.0 Å². The number of hydrogen-bond acceptors (Lipinski definition) is 4. The van der Waals surface area contributed by atoms with Gasteiger partial charge in [0.15, 0.2) is 0 Å². The van der Waals surface area contributed by atoms with Crippen LogP contribution in [0.4, 0.5) is 5.69 Å². The lowest BCUT2D eigenvalue weighted by Gasteiger charge is -2.28. The van der Waals surface area contributed by atoms with E-state index in [0.717, 1.165) is 16.1 Å². The number of ether oxygens (including phenoxy) is 1. The molecule has 0 aliphatic rings. The van der Waals surface area contributed by atoms with Gasteiger partial charge in [-0.1, -0.05) is 35.3 Å². The second-order valence-corrected chi connectivity index (χ2v) is 8.97. The van der Waals surface area contributed by atoms with Crippen LogP contribution in [-0.2, 0) is 14.8 Å². The SMILES string of the molecule is Cc1ccc(OCCNC(=O)[C@H](C)N(c2cccc(Cl)c2)S(C)(=O)=O)cc1Cl. The number of carbonyl (C=O) groups excluding carboxylic acids is 1. The fourth-order valence-electron chi connectivity index (χ4n) is 2.58. The highest BCUT2D eigenvalue weighted by Gasteiger charge is 2.29. The predicted octanol–water partition coefficient (Wildman–Crippen LogP) is 3.65. The van der Waals surface area contributed by atoms with E-state index in [0.29, 0.717) is 21.5 Å². The zero-order valence-electron chi connectivity index (χ0n) is 15.8. The number of nitrogens with one attached hydrogen (secondary N) is 1. The van der Waals surface area contributed by atoms with Crippen molar-refractivity contribution in [2.24, 2.45) is 0 Å². The first kappa shape index (κ1) is 22.3. The molecule has 0 spiro atoms. The number of rotatable bonds is 8. The van der Waals surface area contributed by atoms with Gasteiger partial charge in [-0.2, -0.15) is 0 Å². The van der Waals surface area contributed by atoms with Gasteiger partial charge in [0.1, 0.15) is 18.4 Å². The van der Waals surface area contributed by atoms with Crippen LogP contribution in [0.1, 0.15) is 12.5 Å².